The van der Waals surface area contributed by atoms with Gasteiger partial charge in [0.1, 0.15) is 5.75 Å². The van der Waals surface area contributed by atoms with E-state index in [1.54, 1.807) is 0 Å². The predicted octanol–water partition coefficient (Wildman–Crippen LogP) is 3.46. The number of hydrogen-bond acceptors (Lipinski definition) is 2. The van der Waals surface area contributed by atoms with Crippen LogP contribution >= 0.6 is 0 Å². The number of ether oxygens (including phenoxy) is 1. The summed E-state index contributed by atoms with van der Waals surface area (Å²) >= 11 is 0. The molecule has 1 amide bonds. The minimum absolute atomic E-state index is 0.0515. The van der Waals surface area contributed by atoms with Crippen molar-refractivity contribution in [3.05, 3.63) is 29.8 Å². The summed E-state index contributed by atoms with van der Waals surface area (Å²) in [5, 5.41) is 3.23. The van der Waals surface area contributed by atoms with Gasteiger partial charge in [0.15, 0.2) is 6.10 Å². The van der Waals surface area contributed by atoms with Crippen LogP contribution in [0.25, 0.3) is 0 Å². The molecule has 0 unspecified atom stereocenters. The van der Waals surface area contributed by atoms with Gasteiger partial charge >= 0.3 is 0 Å². The maximum Gasteiger partial charge on any atom is 0.261 e. The SMILES string of the molecule is CC[C@H](Oc1ccc(C)cc1)C(=O)N[C@H]1C[C@H]2CC[C@H]1C2. The van der Waals surface area contributed by atoms with Crippen molar-refractivity contribution in [2.75, 3.05) is 0 Å². The lowest BCUT2D eigenvalue weighted by Gasteiger charge is -2.25. The number of benzene rings is 1. The molecule has 1 aromatic rings. The summed E-state index contributed by atoms with van der Waals surface area (Å²) in [6, 6.07) is 8.27. The van der Waals surface area contributed by atoms with Crippen LogP contribution in [0.2, 0.25) is 0 Å². The van der Waals surface area contributed by atoms with Gasteiger partial charge in [-0.15, -0.1) is 0 Å². The first-order valence-corrected chi connectivity index (χ1v) is 8.19. The van der Waals surface area contributed by atoms with Gasteiger partial charge in [-0.1, -0.05) is 31.0 Å². The van der Waals surface area contributed by atoms with E-state index in [1.807, 2.05) is 38.1 Å². The Labute approximate surface area is 127 Å². The molecule has 2 saturated carbocycles. The minimum Gasteiger partial charge on any atom is -0.481 e. The highest BCUT2D eigenvalue weighted by Gasteiger charge is 2.40. The van der Waals surface area contributed by atoms with E-state index in [1.165, 1.54) is 24.8 Å². The van der Waals surface area contributed by atoms with Crippen LogP contribution < -0.4 is 10.1 Å². The van der Waals surface area contributed by atoms with Crippen LogP contribution in [0, 0.1) is 18.8 Å². The molecule has 3 heteroatoms. The molecule has 3 nitrogen and oxygen atoms in total. The van der Waals surface area contributed by atoms with E-state index in [9.17, 15) is 4.79 Å². The standard InChI is InChI=1S/C18H25NO2/c1-3-17(21-15-8-4-12(2)5-9-15)18(20)19-16-11-13-6-7-14(16)10-13/h4-5,8-9,13-14,16-17H,3,6-7,10-11H2,1-2H3,(H,19,20)/t13-,14-,16-,17-/m0/s1. The maximum absolute atomic E-state index is 12.4. The number of amides is 1. The van der Waals surface area contributed by atoms with Gasteiger partial charge in [-0.25, -0.2) is 0 Å². The second kappa shape index (κ2) is 6.08. The van der Waals surface area contributed by atoms with Crippen molar-refractivity contribution >= 4 is 5.91 Å². The van der Waals surface area contributed by atoms with Gasteiger partial charge in [-0.3, -0.25) is 4.79 Å². The van der Waals surface area contributed by atoms with E-state index >= 15 is 0 Å². The largest absolute Gasteiger partial charge is 0.481 e. The highest BCUT2D eigenvalue weighted by molar-refractivity contribution is 5.81. The first kappa shape index (κ1) is 14.4. The third-order valence-electron chi connectivity index (χ3n) is 5.03. The Morgan fingerprint density at radius 2 is 2.05 bits per heavy atom. The lowest BCUT2D eigenvalue weighted by atomic mass is 9.95. The van der Waals surface area contributed by atoms with Crippen LogP contribution in [0.5, 0.6) is 5.75 Å². The quantitative estimate of drug-likeness (QED) is 0.900. The van der Waals surface area contributed by atoms with E-state index in [0.717, 1.165) is 18.1 Å². The first-order valence-electron chi connectivity index (χ1n) is 8.19. The average molecular weight is 287 g/mol. The molecule has 2 bridgehead atoms. The van der Waals surface area contributed by atoms with Crippen LogP contribution in [-0.2, 0) is 4.79 Å². The number of nitrogens with one attached hydrogen (secondary N) is 1. The molecule has 2 fully saturated rings. The zero-order valence-corrected chi connectivity index (χ0v) is 13.0. The van der Waals surface area contributed by atoms with Crippen LogP contribution in [0.15, 0.2) is 24.3 Å². The summed E-state index contributed by atoms with van der Waals surface area (Å²) in [5.74, 6) is 2.38. The van der Waals surface area contributed by atoms with Crippen LogP contribution in [0.4, 0.5) is 0 Å². The molecule has 21 heavy (non-hydrogen) atoms. The fourth-order valence-corrected chi connectivity index (χ4v) is 3.80. The molecule has 1 aromatic carbocycles. The average Bonchev–Trinajstić information content (AvgIpc) is 3.09. The summed E-state index contributed by atoms with van der Waals surface area (Å²) < 4.78 is 5.86. The van der Waals surface area contributed by atoms with Crippen molar-refractivity contribution in [2.45, 2.75) is 58.1 Å². The molecule has 114 valence electrons. The fourth-order valence-electron chi connectivity index (χ4n) is 3.80. The highest BCUT2D eigenvalue weighted by atomic mass is 16.5. The lowest BCUT2D eigenvalue weighted by molar-refractivity contribution is -0.129. The minimum atomic E-state index is -0.383. The van der Waals surface area contributed by atoms with Crippen LogP contribution in [0.1, 0.15) is 44.6 Å². The number of aryl methyl sites for hydroxylation is 1. The number of fused-ring (bicyclic) bond motifs is 2. The Morgan fingerprint density at radius 1 is 1.29 bits per heavy atom. The maximum atomic E-state index is 12.4. The molecule has 0 heterocycles. The monoisotopic (exact) mass is 287 g/mol. The molecule has 0 saturated heterocycles. The molecular weight excluding hydrogens is 262 g/mol. The van der Waals surface area contributed by atoms with Gasteiger partial charge in [0.25, 0.3) is 5.91 Å². The number of hydrogen-bond donors (Lipinski definition) is 1. The zero-order valence-electron chi connectivity index (χ0n) is 13.0. The Kier molecular flexibility index (Phi) is 4.18. The van der Waals surface area contributed by atoms with Crippen LogP contribution in [0.3, 0.4) is 0 Å². The van der Waals surface area contributed by atoms with E-state index in [4.69, 9.17) is 4.74 Å². The Bertz CT molecular complexity index is 496. The zero-order chi connectivity index (χ0) is 14.8. The molecule has 1 N–H and O–H groups in total. The second-order valence-corrected chi connectivity index (χ2v) is 6.62. The Morgan fingerprint density at radius 3 is 2.62 bits per heavy atom. The van der Waals surface area contributed by atoms with Crippen molar-refractivity contribution in [3.63, 3.8) is 0 Å². The molecule has 0 radical (unpaired) electrons. The van der Waals surface area contributed by atoms with E-state index in [2.05, 4.69) is 5.32 Å². The molecule has 0 spiro atoms. The Balaban J connectivity index is 1.57. The van der Waals surface area contributed by atoms with Crippen molar-refractivity contribution < 1.29 is 9.53 Å². The summed E-state index contributed by atoms with van der Waals surface area (Å²) in [6.45, 7) is 4.04. The Hall–Kier alpha value is -1.51. The summed E-state index contributed by atoms with van der Waals surface area (Å²) in [5.41, 5.74) is 1.20. The molecule has 0 aromatic heterocycles. The highest BCUT2D eigenvalue weighted by Crippen LogP contribution is 2.44. The van der Waals surface area contributed by atoms with Gasteiger partial charge in [0.2, 0.25) is 0 Å². The van der Waals surface area contributed by atoms with Gasteiger partial charge in [0, 0.05) is 6.04 Å². The summed E-state index contributed by atoms with van der Waals surface area (Å²) in [4.78, 5) is 12.4. The van der Waals surface area contributed by atoms with E-state index < -0.39 is 0 Å². The third-order valence-corrected chi connectivity index (χ3v) is 5.03. The lowest BCUT2D eigenvalue weighted by Crippen LogP contribution is -2.45. The second-order valence-electron chi connectivity index (χ2n) is 6.62. The van der Waals surface area contributed by atoms with Gasteiger partial charge < -0.3 is 10.1 Å². The number of carbonyl (C=O) groups excluding carboxylic acids is 1. The number of rotatable bonds is 5. The smallest absolute Gasteiger partial charge is 0.261 e. The first-order chi connectivity index (χ1) is 10.2. The summed E-state index contributed by atoms with van der Waals surface area (Å²) in [6.07, 6.45) is 5.42. The van der Waals surface area contributed by atoms with Gasteiger partial charge in [-0.05, 0) is 56.6 Å². The van der Waals surface area contributed by atoms with Crippen LogP contribution in [-0.4, -0.2) is 18.1 Å². The van der Waals surface area contributed by atoms with E-state index in [-0.39, 0.29) is 12.0 Å². The number of carbonyl (C=O) groups is 1. The molecule has 4 atom stereocenters. The third kappa shape index (κ3) is 3.22. The van der Waals surface area contributed by atoms with E-state index in [0.29, 0.717) is 18.4 Å². The van der Waals surface area contributed by atoms with Crippen molar-refractivity contribution in [1.29, 1.82) is 0 Å². The molecular formula is C18H25NO2. The fraction of sp³-hybridized carbons (Fsp3) is 0.611. The molecule has 0 aliphatic heterocycles. The van der Waals surface area contributed by atoms with Crippen molar-refractivity contribution in [3.8, 4) is 5.75 Å². The van der Waals surface area contributed by atoms with Gasteiger partial charge in [-0.2, -0.15) is 0 Å². The normalized spacial score (nSPS) is 28.4. The predicted molar refractivity (Wildman–Crippen MR) is 83.3 cm³/mol. The van der Waals surface area contributed by atoms with Crippen molar-refractivity contribution in [1.82, 2.24) is 5.32 Å². The molecule has 2 aliphatic rings. The van der Waals surface area contributed by atoms with Crippen molar-refractivity contribution in [2.24, 2.45) is 11.8 Å². The molecule has 2 aliphatic carbocycles. The molecule has 3 rings (SSSR count). The van der Waals surface area contributed by atoms with Gasteiger partial charge in [0.05, 0.1) is 0 Å². The topological polar surface area (TPSA) is 38.3 Å². The summed E-state index contributed by atoms with van der Waals surface area (Å²) in [7, 11) is 0.